The van der Waals surface area contributed by atoms with Gasteiger partial charge in [-0.15, -0.1) is 34.0 Å². The summed E-state index contributed by atoms with van der Waals surface area (Å²) in [5, 5.41) is 61.3. The molecule has 0 radical (unpaired) electrons. The third-order valence-electron chi connectivity index (χ3n) is 40.4. The van der Waals surface area contributed by atoms with Crippen LogP contribution in [-0.2, 0) is 38.0 Å². The van der Waals surface area contributed by atoms with Crippen LogP contribution in [0.5, 0.6) is 0 Å². The number of hydrogen-bond donors (Lipinski definition) is 5. The summed E-state index contributed by atoms with van der Waals surface area (Å²) in [7, 11) is 0. The molecular weight excluding hydrogens is 1610 g/mol. The predicted molar refractivity (Wildman–Crippen MR) is 486 cm³/mol. The number of aliphatic hydroxyl groups excluding tert-OH is 5. The van der Waals surface area contributed by atoms with E-state index < -0.39 is 40.7 Å². The van der Waals surface area contributed by atoms with Gasteiger partial charge in [-0.3, -0.25) is 4.79 Å². The van der Waals surface area contributed by atoms with E-state index in [1.54, 1.807) is 6.07 Å². The number of carbonyl (C=O) groups excluding carboxylic acids is 4. The van der Waals surface area contributed by atoms with Gasteiger partial charge in [-0.1, -0.05) is 126 Å². The second kappa shape index (κ2) is 32.6. The Labute approximate surface area is 752 Å². The zero-order chi connectivity index (χ0) is 87.2. The molecule has 3 aromatic heterocycles. The minimum absolute atomic E-state index is 0. The van der Waals surface area contributed by atoms with Gasteiger partial charge in [-0.25, -0.2) is 14.4 Å². The van der Waals surface area contributed by atoms with Crippen LogP contribution in [0.3, 0.4) is 0 Å². The molecule has 124 heavy (non-hydrogen) atoms. The molecule has 22 aliphatic rings. The number of hydrogen-bond acceptors (Lipinski definition) is 19. The molecule has 0 aromatic carbocycles. The average molecular weight is 1760 g/mol. The van der Waals surface area contributed by atoms with E-state index in [-0.39, 0.29) is 141 Å². The van der Waals surface area contributed by atoms with Crippen LogP contribution in [0.2, 0.25) is 0 Å². The van der Waals surface area contributed by atoms with Gasteiger partial charge in [0.05, 0.1) is 68.0 Å². The van der Waals surface area contributed by atoms with Crippen molar-refractivity contribution in [2.45, 2.75) is 337 Å². The summed E-state index contributed by atoms with van der Waals surface area (Å²) < 4.78 is 44.4. The lowest BCUT2D eigenvalue weighted by atomic mass is 9.34. The summed E-state index contributed by atoms with van der Waals surface area (Å²) in [5.74, 6) is 2.86. The summed E-state index contributed by atoms with van der Waals surface area (Å²) in [6, 6.07) is 11.1. The van der Waals surface area contributed by atoms with Crippen molar-refractivity contribution in [3.8, 4) is 0 Å². The maximum Gasteiger partial charge on any atom is 0.348 e. The van der Waals surface area contributed by atoms with Gasteiger partial charge in [0.1, 0.15) is 14.6 Å². The Morgan fingerprint density at radius 2 is 0.766 bits per heavy atom. The Morgan fingerprint density at radius 3 is 1.18 bits per heavy atom. The number of ketones is 1. The third-order valence-corrected chi connectivity index (χ3v) is 42.9. The Balaban J connectivity index is 0.000000117. The van der Waals surface area contributed by atoms with Crippen LogP contribution in [0.25, 0.3) is 0 Å². The Hall–Kier alpha value is -4.22. The molecule has 8 bridgehead atoms. The van der Waals surface area contributed by atoms with Gasteiger partial charge in [0.15, 0.2) is 17.4 Å². The maximum absolute atomic E-state index is 13.5. The minimum Gasteiger partial charge on any atom is -0.461 e. The van der Waals surface area contributed by atoms with Gasteiger partial charge in [0.25, 0.3) is 0 Å². The molecule has 20 saturated carbocycles. The second-order valence-corrected chi connectivity index (χ2v) is 48.5. The van der Waals surface area contributed by atoms with Gasteiger partial charge in [-0.2, -0.15) is 0 Å². The smallest absolute Gasteiger partial charge is 0.348 e. The van der Waals surface area contributed by atoms with Crippen molar-refractivity contribution in [3.63, 3.8) is 0 Å². The maximum atomic E-state index is 13.5. The lowest BCUT2D eigenvalue weighted by Gasteiger charge is -2.74. The van der Waals surface area contributed by atoms with Crippen LogP contribution >= 0.6 is 34.0 Å². The van der Waals surface area contributed by atoms with Gasteiger partial charge in [0.2, 0.25) is 0 Å². The van der Waals surface area contributed by atoms with E-state index in [2.05, 4.69) is 88.6 Å². The van der Waals surface area contributed by atoms with Gasteiger partial charge in [0, 0.05) is 51.1 Å². The predicted octanol–water partition coefficient (Wildman–Crippen LogP) is 21.9. The van der Waals surface area contributed by atoms with Crippen molar-refractivity contribution in [2.75, 3.05) is 33.0 Å². The number of fused-ring (bicyclic) bond motifs is 10. The molecule has 19 heteroatoms. The highest BCUT2D eigenvalue weighted by Gasteiger charge is 2.78. The number of allylic oxidation sites excluding steroid dienone is 1. The lowest BCUT2D eigenvalue weighted by molar-refractivity contribution is -0.397. The highest BCUT2D eigenvalue weighted by molar-refractivity contribution is 7.12. The molecule has 8 unspecified atom stereocenters. The Morgan fingerprint density at radius 1 is 0.411 bits per heavy atom. The molecule has 22 fully saturated rings. The average Bonchev–Trinajstić information content (AvgIpc) is 0.742. The molecular formula is C105H150O16S3. The quantitative estimate of drug-likeness (QED) is 0.0437. The van der Waals surface area contributed by atoms with E-state index in [4.69, 9.17) is 33.2 Å². The lowest BCUT2D eigenvalue weighted by Crippen LogP contribution is -2.75. The molecule has 31 atom stereocenters. The highest BCUT2D eigenvalue weighted by atomic mass is 32.1. The molecule has 3 aromatic rings. The van der Waals surface area contributed by atoms with Crippen molar-refractivity contribution in [1.29, 1.82) is 0 Å². The SMILES string of the molecule is C.C=C1C(=O)[C@]23CC[C@H]1CC2[C@]1(CC)CCC[C@@](C)(COC(=O)c2cccs2)C1C[C@H]3O.C=C1[C@H]2CC[C@@]34C(C2)[C@]2(CC)CCC[C@@](C)(COC(=O)c5cccs5)C2C[C@H]3OC(C)(C)O[C@@H]14.C=C1[C@H]2CC[C@@]34C(C2)[C@]2(CO)CCC[C@@](C)(CO)C2C[C@H]3OC(C)(C)O[C@@H]14.C=C1[C@H]2CC[C@]3(C(C2)[C@]2(CC)CCC[C@@](C)(COC(=O)c4cccs4)C2C[C@H]3O)[C@H]1O. The van der Waals surface area contributed by atoms with Crippen molar-refractivity contribution in [2.24, 2.45) is 136 Å². The third kappa shape index (κ3) is 13.4. The van der Waals surface area contributed by atoms with Crippen LogP contribution in [0.4, 0.5) is 0 Å². The zero-order valence-electron chi connectivity index (χ0n) is 75.9. The van der Waals surface area contributed by atoms with Crippen LogP contribution in [0.1, 0.15) is 312 Å². The van der Waals surface area contributed by atoms with E-state index in [9.17, 15) is 44.7 Å². The molecule has 5 heterocycles. The minimum atomic E-state index is -0.635. The van der Waals surface area contributed by atoms with Gasteiger partial charge >= 0.3 is 17.9 Å². The first-order valence-corrected chi connectivity index (χ1v) is 51.0. The second-order valence-electron chi connectivity index (χ2n) is 45.6. The van der Waals surface area contributed by atoms with E-state index in [0.717, 1.165) is 152 Å². The number of rotatable bonds is 14. The van der Waals surface area contributed by atoms with Crippen LogP contribution in [0.15, 0.2) is 101 Å². The number of Topliss-reactive ketones (excluding diaryl/α,β-unsaturated/α-hetero) is 1. The first-order chi connectivity index (χ1) is 58.4. The molecule has 16 nitrogen and oxygen atoms in total. The normalized spacial score (nSPS) is 47.5. The van der Waals surface area contributed by atoms with E-state index >= 15 is 0 Å². The standard InChI is InChI=1S/C29H40O4S.C26H36O4S.C26H34O4S.C23H36O4.CH4/c1-6-28-12-8-11-27(5,17-31-25(30)20-9-7-14-34-20)21(28)16-23-29-13-10-19(15-22(28)29)18(2)24(29)33-26(3,4)32-23;2*1-4-25-10-6-9-24(3,15-30-23(29)18-7-5-12-31-18)19(25)14-21(27)26-11-8-17(13-20(25)26)16(2)22(26)28;1-14-15-6-9-23-17(10-15)22(13-25)8-5-7-21(4,12-24)16(22)11-18(23)26-20(2,3)27-19(14)23;/h7,9,14,19,21-24H,2,6,8,10-13,15-17H2,1,3-5H3;5,7,12,17,19-22,27-28H,2,4,6,8-11,13-15H2,1,3H3;5,7,12,17,19-21,27H,2,4,6,8-11,13-15H2,1,3H3;15-19,24-25H,1,5-13H2,2-4H3;1H4/t19-,21?,22?,23+,24-,27-,28+,29+;17-,19?,20?,21+,22-,24-,25+,26+;17-,19?,20?,21+,24-,25+,26+;15-,16?,17?,18+,19-,21-,22-,23+;/m0000./s1. The highest BCUT2D eigenvalue weighted by Crippen LogP contribution is 2.80. The number of esters is 3. The first kappa shape index (κ1) is 91.7. The topological polar surface area (TPSA) is 234 Å². The fourth-order valence-corrected chi connectivity index (χ4v) is 36.8. The van der Waals surface area contributed by atoms with Gasteiger partial charge in [-0.05, 0) is 350 Å². The van der Waals surface area contributed by atoms with Crippen molar-refractivity contribution in [1.82, 2.24) is 0 Å². The van der Waals surface area contributed by atoms with Crippen molar-refractivity contribution < 1.29 is 77.9 Å². The molecule has 2 aliphatic heterocycles. The fraction of sp³-hybridized carbons (Fsp3) is 0.771. The van der Waals surface area contributed by atoms with E-state index in [1.807, 2.05) is 60.3 Å². The molecule has 25 rings (SSSR count). The summed E-state index contributed by atoms with van der Waals surface area (Å²) in [4.78, 5) is 53.3. The number of thiophene rings is 3. The van der Waals surface area contributed by atoms with Crippen LogP contribution in [0, 0.1) is 136 Å². The summed E-state index contributed by atoms with van der Waals surface area (Å²) >= 11 is 4.28. The molecule has 2 saturated heterocycles. The summed E-state index contributed by atoms with van der Waals surface area (Å²) in [6.45, 7) is 43.5. The Bertz CT molecular complexity index is 4530. The largest absolute Gasteiger partial charge is 0.461 e. The van der Waals surface area contributed by atoms with Crippen molar-refractivity contribution in [3.05, 3.63) is 116 Å². The zero-order valence-corrected chi connectivity index (χ0v) is 78.4. The van der Waals surface area contributed by atoms with Crippen LogP contribution < -0.4 is 0 Å². The molecule has 0 amide bonds. The van der Waals surface area contributed by atoms with Gasteiger partial charge < -0.3 is 58.7 Å². The molecule has 20 aliphatic carbocycles. The number of ether oxygens (including phenoxy) is 7. The monoisotopic (exact) mass is 1760 g/mol. The Kier molecular flexibility index (Phi) is 24.1. The van der Waals surface area contributed by atoms with Crippen molar-refractivity contribution >= 4 is 57.7 Å². The molecule has 684 valence electrons. The summed E-state index contributed by atoms with van der Waals surface area (Å²) in [6.07, 6.45) is 31.4. The van der Waals surface area contributed by atoms with E-state index in [1.165, 1.54) is 90.1 Å². The fourth-order valence-electron chi connectivity index (χ4n) is 34.9. The molecule has 5 N–H and O–H groups in total. The number of carbonyl (C=O) groups is 4. The molecule has 4 spiro atoms. The van der Waals surface area contributed by atoms with E-state index in [0.29, 0.717) is 101 Å². The van der Waals surface area contributed by atoms with Crippen LogP contribution in [-0.4, -0.2) is 137 Å². The first-order valence-electron chi connectivity index (χ1n) is 48.3. The number of aliphatic hydroxyl groups is 5. The summed E-state index contributed by atoms with van der Waals surface area (Å²) in [5.41, 5.74) is 3.01.